The minimum Gasteiger partial charge on any atom is -0.321 e. The summed E-state index contributed by atoms with van der Waals surface area (Å²) in [5.74, 6) is -0.256. The first-order valence-electron chi connectivity index (χ1n) is 6.80. The van der Waals surface area contributed by atoms with Crippen LogP contribution in [0.4, 0.5) is 11.4 Å². The van der Waals surface area contributed by atoms with Gasteiger partial charge in [-0.05, 0) is 58.7 Å². The summed E-state index contributed by atoms with van der Waals surface area (Å²) >= 11 is 3.38. The Kier molecular flexibility index (Phi) is 5.11. The Hall–Kier alpha value is -1.86. The van der Waals surface area contributed by atoms with Crippen LogP contribution in [0, 0.1) is 6.92 Å². The lowest BCUT2D eigenvalue weighted by Gasteiger charge is -2.19. The first-order chi connectivity index (χ1) is 10.7. The number of amides is 1. The lowest BCUT2D eigenvalue weighted by molar-refractivity contribution is 0.102. The number of hydrogen-bond acceptors (Lipinski definition) is 3. The number of hydrogen-bond donors (Lipinski definition) is 1. The number of rotatable bonds is 4. The van der Waals surface area contributed by atoms with E-state index < -0.39 is 10.0 Å². The van der Waals surface area contributed by atoms with Crippen molar-refractivity contribution < 1.29 is 13.2 Å². The molecule has 2 rings (SSSR count). The molecule has 0 aliphatic carbocycles. The SMILES string of the molecule is Cc1cc(C(=O)Nc2ccccc2Br)ccc1N(C)S(C)(=O)=O. The molecule has 2 aromatic rings. The number of para-hydroxylation sites is 1. The van der Waals surface area contributed by atoms with E-state index in [1.54, 1.807) is 31.2 Å². The van der Waals surface area contributed by atoms with E-state index in [1.165, 1.54) is 11.4 Å². The maximum atomic E-state index is 12.3. The summed E-state index contributed by atoms with van der Waals surface area (Å²) in [6, 6.07) is 12.2. The molecule has 5 nitrogen and oxygen atoms in total. The number of anilines is 2. The van der Waals surface area contributed by atoms with E-state index in [0.717, 1.165) is 10.7 Å². The molecule has 0 bridgehead atoms. The van der Waals surface area contributed by atoms with Crippen LogP contribution in [0.15, 0.2) is 46.9 Å². The van der Waals surface area contributed by atoms with Crippen LogP contribution in [-0.4, -0.2) is 27.6 Å². The minimum absolute atomic E-state index is 0.256. The van der Waals surface area contributed by atoms with Gasteiger partial charge in [-0.15, -0.1) is 0 Å². The second kappa shape index (κ2) is 6.72. The predicted molar refractivity (Wildman–Crippen MR) is 96.5 cm³/mol. The summed E-state index contributed by atoms with van der Waals surface area (Å²) in [5, 5.41) is 2.81. The van der Waals surface area contributed by atoms with Crippen molar-refractivity contribution >= 4 is 43.2 Å². The number of benzene rings is 2. The van der Waals surface area contributed by atoms with Gasteiger partial charge in [0.2, 0.25) is 10.0 Å². The summed E-state index contributed by atoms with van der Waals surface area (Å²) in [6.07, 6.45) is 1.14. The smallest absolute Gasteiger partial charge is 0.255 e. The zero-order valence-electron chi connectivity index (χ0n) is 13.0. The Morgan fingerprint density at radius 2 is 1.83 bits per heavy atom. The maximum Gasteiger partial charge on any atom is 0.255 e. The van der Waals surface area contributed by atoms with E-state index in [1.807, 2.05) is 18.2 Å². The van der Waals surface area contributed by atoms with Gasteiger partial charge in [0, 0.05) is 17.1 Å². The topological polar surface area (TPSA) is 66.5 Å². The van der Waals surface area contributed by atoms with Crippen LogP contribution in [-0.2, 0) is 10.0 Å². The van der Waals surface area contributed by atoms with Crippen LogP contribution < -0.4 is 9.62 Å². The number of halogens is 1. The molecule has 0 aliphatic rings. The average molecular weight is 397 g/mol. The van der Waals surface area contributed by atoms with E-state index >= 15 is 0 Å². The number of carbonyl (C=O) groups excluding carboxylic acids is 1. The highest BCUT2D eigenvalue weighted by Gasteiger charge is 2.16. The number of sulfonamides is 1. The van der Waals surface area contributed by atoms with Gasteiger partial charge >= 0.3 is 0 Å². The van der Waals surface area contributed by atoms with Gasteiger partial charge in [0.15, 0.2) is 0 Å². The summed E-state index contributed by atoms with van der Waals surface area (Å²) in [5.41, 5.74) is 2.39. The second-order valence-electron chi connectivity index (χ2n) is 5.17. The van der Waals surface area contributed by atoms with Crippen LogP contribution >= 0.6 is 15.9 Å². The molecule has 23 heavy (non-hydrogen) atoms. The Labute approximate surface area is 144 Å². The normalized spacial score (nSPS) is 11.1. The molecule has 2 aromatic carbocycles. The first kappa shape index (κ1) is 17.5. The highest BCUT2D eigenvalue weighted by atomic mass is 79.9. The molecule has 1 amide bonds. The first-order valence-corrected chi connectivity index (χ1v) is 9.44. The second-order valence-corrected chi connectivity index (χ2v) is 8.03. The molecule has 0 fully saturated rings. The summed E-state index contributed by atoms with van der Waals surface area (Å²) in [7, 11) is -1.85. The molecule has 0 unspecified atom stereocenters. The van der Waals surface area contributed by atoms with Crippen molar-refractivity contribution in [3.05, 3.63) is 58.1 Å². The van der Waals surface area contributed by atoms with Crippen molar-refractivity contribution in [1.82, 2.24) is 0 Å². The van der Waals surface area contributed by atoms with Gasteiger partial charge in [-0.3, -0.25) is 9.10 Å². The molecule has 0 atom stereocenters. The van der Waals surface area contributed by atoms with Crippen molar-refractivity contribution in [2.24, 2.45) is 0 Å². The largest absolute Gasteiger partial charge is 0.321 e. The lowest BCUT2D eigenvalue weighted by Crippen LogP contribution is -2.25. The zero-order valence-corrected chi connectivity index (χ0v) is 15.4. The molecule has 0 spiro atoms. The van der Waals surface area contributed by atoms with Crippen molar-refractivity contribution in [3.8, 4) is 0 Å². The Balaban J connectivity index is 2.27. The molecule has 122 valence electrons. The molecule has 0 aromatic heterocycles. The van der Waals surface area contributed by atoms with E-state index in [9.17, 15) is 13.2 Å². The van der Waals surface area contributed by atoms with Crippen LogP contribution in [0.2, 0.25) is 0 Å². The van der Waals surface area contributed by atoms with Crippen molar-refractivity contribution in [3.63, 3.8) is 0 Å². The van der Waals surface area contributed by atoms with E-state index in [-0.39, 0.29) is 5.91 Å². The van der Waals surface area contributed by atoms with E-state index in [0.29, 0.717) is 22.5 Å². The predicted octanol–water partition coefficient (Wildman–Crippen LogP) is 3.41. The average Bonchev–Trinajstić information content (AvgIpc) is 2.48. The minimum atomic E-state index is -3.34. The maximum absolute atomic E-state index is 12.3. The number of aryl methyl sites for hydroxylation is 1. The lowest BCUT2D eigenvalue weighted by atomic mass is 10.1. The summed E-state index contributed by atoms with van der Waals surface area (Å²) < 4.78 is 25.2. The van der Waals surface area contributed by atoms with Gasteiger partial charge in [-0.1, -0.05) is 12.1 Å². The molecule has 0 saturated heterocycles. The number of carbonyl (C=O) groups is 1. The van der Waals surface area contributed by atoms with Crippen LogP contribution in [0.5, 0.6) is 0 Å². The van der Waals surface area contributed by atoms with Gasteiger partial charge in [0.05, 0.1) is 17.6 Å². The Morgan fingerprint density at radius 3 is 2.39 bits per heavy atom. The monoisotopic (exact) mass is 396 g/mol. The fourth-order valence-electron chi connectivity index (χ4n) is 2.09. The molecule has 0 heterocycles. The fourth-order valence-corrected chi connectivity index (χ4v) is 3.03. The molecule has 1 N–H and O–H groups in total. The highest BCUT2D eigenvalue weighted by molar-refractivity contribution is 9.10. The fraction of sp³-hybridized carbons (Fsp3) is 0.188. The number of nitrogens with zero attached hydrogens (tertiary/aromatic N) is 1. The zero-order chi connectivity index (χ0) is 17.2. The molecule has 0 radical (unpaired) electrons. The molecule has 0 aliphatic heterocycles. The van der Waals surface area contributed by atoms with Crippen molar-refractivity contribution in [2.75, 3.05) is 22.9 Å². The standard InChI is InChI=1S/C16H17BrN2O3S/c1-11-10-12(8-9-15(11)19(2)23(3,21)22)16(20)18-14-7-5-4-6-13(14)17/h4-10H,1-3H3,(H,18,20). The van der Waals surface area contributed by atoms with Gasteiger partial charge < -0.3 is 5.32 Å². The third-order valence-electron chi connectivity index (χ3n) is 3.42. The van der Waals surface area contributed by atoms with Gasteiger partial charge in [0.25, 0.3) is 5.91 Å². The summed E-state index contributed by atoms with van der Waals surface area (Å²) in [6.45, 7) is 1.77. The van der Waals surface area contributed by atoms with Crippen LogP contribution in [0.25, 0.3) is 0 Å². The Bertz CT molecular complexity index is 850. The summed E-state index contributed by atoms with van der Waals surface area (Å²) in [4.78, 5) is 12.3. The molecular formula is C16H17BrN2O3S. The third kappa shape index (κ3) is 4.11. The quantitative estimate of drug-likeness (QED) is 0.860. The van der Waals surface area contributed by atoms with E-state index in [2.05, 4.69) is 21.2 Å². The molecule has 0 saturated carbocycles. The van der Waals surface area contributed by atoms with Crippen molar-refractivity contribution in [1.29, 1.82) is 0 Å². The number of nitrogens with one attached hydrogen (secondary N) is 1. The van der Waals surface area contributed by atoms with Crippen molar-refractivity contribution in [2.45, 2.75) is 6.92 Å². The van der Waals surface area contributed by atoms with E-state index in [4.69, 9.17) is 0 Å². The van der Waals surface area contributed by atoms with Gasteiger partial charge in [0.1, 0.15) is 0 Å². The van der Waals surface area contributed by atoms with Crippen LogP contribution in [0.3, 0.4) is 0 Å². The van der Waals surface area contributed by atoms with Crippen LogP contribution in [0.1, 0.15) is 15.9 Å². The van der Waals surface area contributed by atoms with Gasteiger partial charge in [-0.2, -0.15) is 0 Å². The highest BCUT2D eigenvalue weighted by Crippen LogP contribution is 2.24. The molecule has 7 heteroatoms. The third-order valence-corrected chi connectivity index (χ3v) is 5.30. The van der Waals surface area contributed by atoms with Gasteiger partial charge in [-0.25, -0.2) is 8.42 Å². The molecular weight excluding hydrogens is 380 g/mol. The Morgan fingerprint density at radius 1 is 1.17 bits per heavy atom.